The largest absolute Gasteiger partial charge is 0.465 e. The number of nitrogens with two attached hydrogens (primary N) is 1. The van der Waals surface area contributed by atoms with Gasteiger partial charge in [0.15, 0.2) is 17.0 Å². The molecule has 6 N–H and O–H groups in total. The number of benzene rings is 2. The average Bonchev–Trinajstić information content (AvgIpc) is 3.71. The van der Waals surface area contributed by atoms with Crippen molar-refractivity contribution < 1.29 is 43.1 Å². The molecule has 4 aromatic rings. The number of rotatable bonds is 17. The summed E-state index contributed by atoms with van der Waals surface area (Å²) in [6, 6.07) is 15.0. The minimum absolute atomic E-state index is 0.0503. The Balaban J connectivity index is 1.14. The average molecular weight is 793 g/mol. The molecule has 0 bridgehead atoms. The SMILES string of the molecule is CCOC(=O)[C@H](Cc1ccccc1)NP(=O)(N[C@@H](Cc1ccccc1)C(=O)OCC)OC[C@H]1OC2(C)[C@@H](n3cnc4c(N5CCCC5)nc(N)nc43)C2(O)C1O. The van der Waals surface area contributed by atoms with Crippen LogP contribution in [-0.2, 0) is 45.7 Å². The first-order chi connectivity index (χ1) is 26.9. The van der Waals surface area contributed by atoms with Crippen LogP contribution in [0, 0.1) is 0 Å². The Bertz CT molecular complexity index is 2000. The van der Waals surface area contributed by atoms with E-state index in [9.17, 15) is 19.8 Å². The van der Waals surface area contributed by atoms with Crippen molar-refractivity contribution in [3.8, 4) is 0 Å². The summed E-state index contributed by atoms with van der Waals surface area (Å²) in [6.07, 6.45) is 0.993. The minimum atomic E-state index is -4.43. The van der Waals surface area contributed by atoms with Crippen LogP contribution >= 0.6 is 7.67 Å². The number of anilines is 2. The molecule has 2 aliphatic heterocycles. The Morgan fingerprint density at radius 1 is 0.964 bits per heavy atom. The molecule has 3 fully saturated rings. The Morgan fingerprint density at radius 3 is 2.02 bits per heavy atom. The maximum absolute atomic E-state index is 15.0. The summed E-state index contributed by atoms with van der Waals surface area (Å²) in [5.41, 5.74) is 5.37. The highest BCUT2D eigenvalue weighted by molar-refractivity contribution is 7.54. The third-order valence-electron chi connectivity index (χ3n) is 10.7. The van der Waals surface area contributed by atoms with Gasteiger partial charge in [0.2, 0.25) is 5.95 Å². The molecule has 2 saturated heterocycles. The fourth-order valence-electron chi connectivity index (χ4n) is 7.96. The van der Waals surface area contributed by atoms with Gasteiger partial charge in [-0.2, -0.15) is 9.97 Å². The van der Waals surface area contributed by atoms with Crippen molar-refractivity contribution in [3.63, 3.8) is 0 Å². The van der Waals surface area contributed by atoms with Crippen LogP contribution in [0.25, 0.3) is 11.2 Å². The zero-order valence-corrected chi connectivity index (χ0v) is 32.5. The molecule has 7 atom stereocenters. The lowest BCUT2D eigenvalue weighted by Gasteiger charge is -2.30. The Labute approximate surface area is 324 Å². The van der Waals surface area contributed by atoms with Crippen LogP contribution in [0.2, 0.25) is 0 Å². The number of fused-ring (bicyclic) bond motifs is 2. The molecule has 3 aliphatic rings. The van der Waals surface area contributed by atoms with E-state index < -0.39 is 67.8 Å². The van der Waals surface area contributed by atoms with Gasteiger partial charge in [0.25, 0.3) is 0 Å². The molecule has 17 nitrogen and oxygen atoms in total. The van der Waals surface area contributed by atoms with Crippen LogP contribution in [0.1, 0.15) is 50.8 Å². The van der Waals surface area contributed by atoms with E-state index in [1.165, 1.54) is 6.33 Å². The normalized spacial score (nSPS) is 25.5. The monoisotopic (exact) mass is 792 g/mol. The van der Waals surface area contributed by atoms with Gasteiger partial charge in [-0.1, -0.05) is 60.7 Å². The van der Waals surface area contributed by atoms with Crippen LogP contribution in [-0.4, -0.2) is 110 Å². The van der Waals surface area contributed by atoms with Crippen LogP contribution in [0.5, 0.6) is 0 Å². The molecule has 4 heterocycles. The molecule has 300 valence electrons. The lowest BCUT2D eigenvalue weighted by molar-refractivity contribution is -0.145. The summed E-state index contributed by atoms with van der Waals surface area (Å²) in [4.78, 5) is 42.2. The number of nitrogens with one attached hydrogen (secondary N) is 2. The lowest BCUT2D eigenvalue weighted by Crippen LogP contribution is -2.47. The van der Waals surface area contributed by atoms with Crippen molar-refractivity contribution in [2.45, 2.75) is 88.0 Å². The van der Waals surface area contributed by atoms with E-state index in [-0.39, 0.29) is 32.0 Å². The quantitative estimate of drug-likeness (QED) is 0.0765. The molecule has 18 heteroatoms. The third-order valence-corrected chi connectivity index (χ3v) is 12.5. The highest BCUT2D eigenvalue weighted by Crippen LogP contribution is 2.68. The molecule has 0 radical (unpaired) electrons. The van der Waals surface area contributed by atoms with Gasteiger partial charge in [-0.05, 0) is 57.6 Å². The summed E-state index contributed by atoms with van der Waals surface area (Å²) in [6.45, 7) is 6.20. The number of hydrogen-bond donors (Lipinski definition) is 5. The van der Waals surface area contributed by atoms with E-state index in [1.54, 1.807) is 25.3 Å². The molecule has 0 amide bonds. The molecule has 3 unspecified atom stereocenters. The Kier molecular flexibility index (Phi) is 11.5. The van der Waals surface area contributed by atoms with E-state index in [0.29, 0.717) is 17.0 Å². The number of aromatic nitrogens is 4. The second-order valence-corrected chi connectivity index (χ2v) is 16.3. The van der Waals surface area contributed by atoms with Crippen molar-refractivity contribution in [3.05, 3.63) is 78.1 Å². The van der Waals surface area contributed by atoms with Crippen LogP contribution < -0.4 is 20.8 Å². The first-order valence-corrected chi connectivity index (χ1v) is 20.6. The number of ether oxygens (including phenoxy) is 3. The van der Waals surface area contributed by atoms with Crippen molar-refractivity contribution in [2.75, 3.05) is 43.5 Å². The Hall–Kier alpha value is -4.48. The van der Waals surface area contributed by atoms with Gasteiger partial charge in [0.1, 0.15) is 41.5 Å². The predicted octanol–water partition coefficient (Wildman–Crippen LogP) is 2.47. The van der Waals surface area contributed by atoms with Crippen molar-refractivity contribution in [2.24, 2.45) is 0 Å². The van der Waals surface area contributed by atoms with E-state index in [0.717, 1.165) is 37.1 Å². The molecule has 1 saturated carbocycles. The van der Waals surface area contributed by atoms with Crippen LogP contribution in [0.15, 0.2) is 67.0 Å². The maximum Gasteiger partial charge on any atom is 0.342 e. The van der Waals surface area contributed by atoms with Crippen LogP contribution in [0.4, 0.5) is 11.8 Å². The van der Waals surface area contributed by atoms with Gasteiger partial charge in [0.05, 0.1) is 26.1 Å². The smallest absolute Gasteiger partial charge is 0.342 e. The molecule has 1 aliphatic carbocycles. The first kappa shape index (κ1) is 39.7. The van der Waals surface area contributed by atoms with Crippen molar-refractivity contribution >= 4 is 42.5 Å². The Morgan fingerprint density at radius 2 is 1.52 bits per heavy atom. The summed E-state index contributed by atoms with van der Waals surface area (Å²) >= 11 is 0. The summed E-state index contributed by atoms with van der Waals surface area (Å²) in [5, 5.41) is 29.4. The molecule has 7 rings (SSSR count). The highest BCUT2D eigenvalue weighted by Gasteiger charge is 2.85. The topological polar surface area (TPSA) is 226 Å². The fourth-order valence-corrected chi connectivity index (χ4v) is 9.76. The standard InChI is InChI=1S/C38H49N8O9P/c1-4-52-33(48)26(20-24-14-8-6-9-15-24)43-56(51,44-27(34(49)53-5-2)21-25-16-10-7-11-17-25)54-22-28-30(47)38(50)35(37(38,3)55-28)46-23-40-29-31(45-18-12-13-19-45)41-36(39)42-32(29)46/h6-11,14-17,23,26-28,30,35,47,50H,4-5,12-13,18-22H2,1-3H3,(H2,39,41,42)(H2,43,44,51)/t26-,27-,28+,30?,35+,37?,38?/m0/s1. The predicted molar refractivity (Wildman–Crippen MR) is 205 cm³/mol. The van der Waals surface area contributed by atoms with Gasteiger partial charge in [-0.15, -0.1) is 0 Å². The third kappa shape index (κ3) is 7.64. The summed E-state index contributed by atoms with van der Waals surface area (Å²) < 4.78 is 39.8. The van der Waals surface area contributed by atoms with E-state index in [4.69, 9.17) is 24.5 Å². The fraction of sp³-hybridized carbons (Fsp3) is 0.500. The number of carbonyl (C=O) groups is 2. The van der Waals surface area contributed by atoms with Crippen molar-refractivity contribution in [1.29, 1.82) is 0 Å². The molecule has 2 aromatic heterocycles. The maximum atomic E-state index is 15.0. The van der Waals surface area contributed by atoms with Gasteiger partial charge >= 0.3 is 19.6 Å². The molecule has 56 heavy (non-hydrogen) atoms. The number of nitrogen functional groups attached to an aromatic ring is 1. The molecular weight excluding hydrogens is 743 g/mol. The van der Waals surface area contributed by atoms with Crippen molar-refractivity contribution in [1.82, 2.24) is 29.7 Å². The first-order valence-electron chi connectivity index (χ1n) is 18.9. The van der Waals surface area contributed by atoms with E-state index >= 15 is 4.57 Å². The molecule has 2 aromatic carbocycles. The number of hydrogen-bond acceptors (Lipinski definition) is 14. The van der Waals surface area contributed by atoms with Gasteiger partial charge in [-0.3, -0.25) is 14.2 Å². The summed E-state index contributed by atoms with van der Waals surface area (Å²) in [5.74, 6) is -0.720. The van der Waals surface area contributed by atoms with Crippen LogP contribution in [0.3, 0.4) is 0 Å². The second kappa shape index (κ2) is 16.2. The zero-order chi connectivity index (χ0) is 39.7. The van der Waals surface area contributed by atoms with E-state index in [2.05, 4.69) is 30.0 Å². The number of esters is 2. The number of carbonyl (C=O) groups excluding carboxylic acids is 2. The van der Waals surface area contributed by atoms with E-state index in [1.807, 2.05) is 60.7 Å². The summed E-state index contributed by atoms with van der Waals surface area (Å²) in [7, 11) is -4.43. The van der Waals surface area contributed by atoms with Gasteiger partial charge < -0.3 is 44.1 Å². The number of aliphatic hydroxyl groups is 2. The van der Waals surface area contributed by atoms with Gasteiger partial charge in [0, 0.05) is 13.1 Å². The van der Waals surface area contributed by atoms with Gasteiger partial charge in [-0.25, -0.2) is 15.2 Å². The second-order valence-electron chi connectivity index (χ2n) is 14.5. The molecule has 0 spiro atoms. The number of imidazole rings is 1. The number of nitrogens with zero attached hydrogens (tertiary/aromatic N) is 5. The minimum Gasteiger partial charge on any atom is -0.465 e. The highest BCUT2D eigenvalue weighted by atomic mass is 31.2. The number of aliphatic hydroxyl groups excluding tert-OH is 1. The zero-order valence-electron chi connectivity index (χ0n) is 31.6. The lowest BCUT2D eigenvalue weighted by atomic mass is 10.1. The molecular formula is C38H49N8O9P.